The van der Waals surface area contributed by atoms with Crippen molar-refractivity contribution in [2.75, 3.05) is 0 Å². The first-order valence-electron chi connectivity index (χ1n) is 8.61. The fourth-order valence-electron chi connectivity index (χ4n) is 6.21. The Balaban J connectivity index is 1.70. The Morgan fingerprint density at radius 2 is 1.85 bits per heavy atom. The van der Waals surface area contributed by atoms with E-state index in [0.29, 0.717) is 10.8 Å². The summed E-state index contributed by atoms with van der Waals surface area (Å²) >= 11 is 6.58. The Labute approximate surface area is 128 Å². The molecule has 4 rings (SSSR count). The second-order valence-electron chi connectivity index (χ2n) is 8.21. The van der Waals surface area contributed by atoms with Gasteiger partial charge in [0.05, 0.1) is 0 Å². The van der Waals surface area contributed by atoms with Gasteiger partial charge < -0.3 is 0 Å². The molecule has 0 aromatic heterocycles. The number of fused-ring (bicyclic) bond motifs is 5. The minimum absolute atomic E-state index is 0.305. The van der Waals surface area contributed by atoms with Crippen LogP contribution < -0.4 is 0 Å². The van der Waals surface area contributed by atoms with E-state index in [9.17, 15) is 0 Å². The molecule has 20 heavy (non-hydrogen) atoms. The molecule has 0 radical (unpaired) electrons. The zero-order valence-corrected chi connectivity index (χ0v) is 13.7. The van der Waals surface area contributed by atoms with Crippen LogP contribution in [0.4, 0.5) is 0 Å². The zero-order valence-electron chi connectivity index (χ0n) is 12.9. The van der Waals surface area contributed by atoms with E-state index in [1.807, 2.05) is 5.57 Å². The lowest BCUT2D eigenvalue weighted by Gasteiger charge is -2.57. The molecule has 4 aliphatic carbocycles. The van der Waals surface area contributed by atoms with Gasteiger partial charge in [0.1, 0.15) is 0 Å². The van der Waals surface area contributed by atoms with Gasteiger partial charge in [-0.1, -0.05) is 49.6 Å². The number of hydrogen-bond donors (Lipinski definition) is 0. The molecule has 5 atom stereocenters. The van der Waals surface area contributed by atoms with Crippen LogP contribution in [-0.2, 0) is 0 Å². The molecule has 0 unspecified atom stereocenters. The summed E-state index contributed by atoms with van der Waals surface area (Å²) in [6.07, 6.45) is 15.9. The van der Waals surface area contributed by atoms with Gasteiger partial charge in [-0.3, -0.25) is 0 Å². The number of halogens is 1. The molecule has 1 heteroatoms. The van der Waals surface area contributed by atoms with Gasteiger partial charge in [0.25, 0.3) is 0 Å². The van der Waals surface area contributed by atoms with E-state index >= 15 is 0 Å². The zero-order chi connectivity index (χ0) is 14.0. The highest BCUT2D eigenvalue weighted by Gasteiger charge is 2.55. The average molecular weight is 291 g/mol. The quantitative estimate of drug-likeness (QED) is 0.475. The maximum atomic E-state index is 6.58. The van der Waals surface area contributed by atoms with E-state index in [0.717, 1.165) is 17.8 Å². The van der Waals surface area contributed by atoms with Crippen molar-refractivity contribution in [2.24, 2.45) is 28.6 Å². The van der Waals surface area contributed by atoms with Crippen molar-refractivity contribution >= 4 is 11.6 Å². The van der Waals surface area contributed by atoms with Crippen molar-refractivity contribution in [3.63, 3.8) is 0 Å². The summed E-state index contributed by atoms with van der Waals surface area (Å²) in [5.41, 5.74) is 2.64. The van der Waals surface area contributed by atoms with Crippen LogP contribution in [0.5, 0.6) is 0 Å². The third-order valence-corrected chi connectivity index (χ3v) is 8.09. The molecule has 0 nitrogen and oxygen atoms in total. The number of hydrogen-bond acceptors (Lipinski definition) is 0. The molecular formula is C19H27Cl. The SMILES string of the molecule is C[C@]12CCCCC1=CC[C@@H]1[C@@H]2CC[C@]2(C)C(Cl)=CC[C@@H]12. The van der Waals surface area contributed by atoms with Crippen molar-refractivity contribution in [3.8, 4) is 0 Å². The van der Waals surface area contributed by atoms with Gasteiger partial charge in [0.2, 0.25) is 0 Å². The molecule has 0 amide bonds. The van der Waals surface area contributed by atoms with Crippen molar-refractivity contribution in [2.45, 2.75) is 65.2 Å². The summed E-state index contributed by atoms with van der Waals surface area (Å²) in [6.45, 7) is 5.02. The fraction of sp³-hybridized carbons (Fsp3) is 0.789. The van der Waals surface area contributed by atoms with Gasteiger partial charge in [0, 0.05) is 10.4 Å². The summed E-state index contributed by atoms with van der Waals surface area (Å²) in [5, 5.41) is 1.17. The summed E-state index contributed by atoms with van der Waals surface area (Å²) in [6, 6.07) is 0. The Kier molecular flexibility index (Phi) is 2.94. The Morgan fingerprint density at radius 3 is 2.70 bits per heavy atom. The van der Waals surface area contributed by atoms with Gasteiger partial charge in [-0.15, -0.1) is 0 Å². The van der Waals surface area contributed by atoms with Crippen LogP contribution in [0, 0.1) is 28.6 Å². The van der Waals surface area contributed by atoms with E-state index < -0.39 is 0 Å². The lowest BCUT2D eigenvalue weighted by Crippen LogP contribution is -2.48. The van der Waals surface area contributed by atoms with Crippen molar-refractivity contribution in [3.05, 3.63) is 22.8 Å². The lowest BCUT2D eigenvalue weighted by atomic mass is 9.48. The predicted molar refractivity (Wildman–Crippen MR) is 85.6 cm³/mol. The third-order valence-electron chi connectivity index (χ3n) is 7.50. The minimum atomic E-state index is 0.305. The first-order chi connectivity index (χ1) is 9.56. The highest BCUT2D eigenvalue weighted by Crippen LogP contribution is 2.65. The van der Waals surface area contributed by atoms with E-state index in [-0.39, 0.29) is 0 Å². The topological polar surface area (TPSA) is 0 Å². The molecular weight excluding hydrogens is 264 g/mol. The second-order valence-corrected chi connectivity index (χ2v) is 8.62. The van der Waals surface area contributed by atoms with Gasteiger partial charge >= 0.3 is 0 Å². The summed E-state index contributed by atoms with van der Waals surface area (Å²) in [4.78, 5) is 0. The average Bonchev–Trinajstić information content (AvgIpc) is 2.74. The van der Waals surface area contributed by atoms with Crippen molar-refractivity contribution in [1.29, 1.82) is 0 Å². The largest absolute Gasteiger partial charge is 0.0889 e. The van der Waals surface area contributed by atoms with Crippen molar-refractivity contribution in [1.82, 2.24) is 0 Å². The number of rotatable bonds is 0. The standard InChI is InChI=1S/C19H27Cl/c1-18-11-4-3-5-13(18)6-7-14-15-8-9-17(20)19(15,2)12-10-16(14)18/h6,9,14-16H,3-5,7-8,10-12H2,1-2H3/t14-,15-,16-,18-,19-/m0/s1. The Morgan fingerprint density at radius 1 is 1.00 bits per heavy atom. The first kappa shape index (κ1) is 13.4. The van der Waals surface area contributed by atoms with E-state index in [2.05, 4.69) is 26.0 Å². The normalized spacial score (nSPS) is 50.6. The van der Waals surface area contributed by atoms with Crippen molar-refractivity contribution < 1.29 is 0 Å². The predicted octanol–water partition coefficient (Wildman–Crippen LogP) is 6.07. The maximum absolute atomic E-state index is 6.58. The molecule has 0 heterocycles. The van der Waals surface area contributed by atoms with Gasteiger partial charge in [0.15, 0.2) is 0 Å². The Hall–Kier alpha value is -0.230. The lowest BCUT2D eigenvalue weighted by molar-refractivity contribution is -0.0144. The van der Waals surface area contributed by atoms with Crippen LogP contribution >= 0.6 is 11.6 Å². The molecule has 2 saturated carbocycles. The molecule has 2 fully saturated rings. The van der Waals surface area contributed by atoms with Crippen LogP contribution in [0.15, 0.2) is 22.8 Å². The first-order valence-corrected chi connectivity index (χ1v) is 8.99. The Bertz CT molecular complexity index is 488. The molecule has 0 spiro atoms. The van der Waals surface area contributed by atoms with Crippen LogP contribution in [-0.4, -0.2) is 0 Å². The molecule has 0 aromatic rings. The second kappa shape index (κ2) is 4.38. The molecule has 0 N–H and O–H groups in total. The monoisotopic (exact) mass is 290 g/mol. The third kappa shape index (κ3) is 1.61. The molecule has 4 aliphatic rings. The fourth-order valence-corrected chi connectivity index (χ4v) is 6.54. The molecule has 0 aromatic carbocycles. The smallest absolute Gasteiger partial charge is 0.0203 e. The summed E-state index contributed by atoms with van der Waals surface area (Å²) in [5.74, 6) is 2.62. The molecule has 110 valence electrons. The molecule has 0 bridgehead atoms. The molecule has 0 saturated heterocycles. The van der Waals surface area contributed by atoms with Gasteiger partial charge in [-0.2, -0.15) is 0 Å². The van der Waals surface area contributed by atoms with Crippen LogP contribution in [0.25, 0.3) is 0 Å². The van der Waals surface area contributed by atoms with Crippen LogP contribution in [0.3, 0.4) is 0 Å². The summed E-state index contributed by atoms with van der Waals surface area (Å²) in [7, 11) is 0. The van der Waals surface area contributed by atoms with E-state index in [4.69, 9.17) is 11.6 Å². The number of allylic oxidation sites excluding steroid dienone is 4. The maximum Gasteiger partial charge on any atom is 0.0203 e. The highest BCUT2D eigenvalue weighted by atomic mass is 35.5. The highest BCUT2D eigenvalue weighted by molar-refractivity contribution is 6.30. The minimum Gasteiger partial charge on any atom is -0.0889 e. The van der Waals surface area contributed by atoms with Gasteiger partial charge in [-0.05, 0) is 68.1 Å². The van der Waals surface area contributed by atoms with Crippen LogP contribution in [0.1, 0.15) is 65.2 Å². The van der Waals surface area contributed by atoms with Gasteiger partial charge in [-0.25, -0.2) is 0 Å². The van der Waals surface area contributed by atoms with Crippen LogP contribution in [0.2, 0.25) is 0 Å². The summed E-state index contributed by atoms with van der Waals surface area (Å²) < 4.78 is 0. The van der Waals surface area contributed by atoms with E-state index in [1.165, 1.54) is 56.4 Å². The molecule has 0 aliphatic heterocycles. The van der Waals surface area contributed by atoms with E-state index in [1.54, 1.807) is 0 Å².